The molecule has 2 nitrogen and oxygen atoms in total. The van der Waals surface area contributed by atoms with Crippen LogP contribution in [-0.2, 0) is 16.2 Å². The van der Waals surface area contributed by atoms with Crippen LogP contribution in [0.1, 0.15) is 74.9 Å². The Balaban J connectivity index is 1.23. The fourth-order valence-electron chi connectivity index (χ4n) is 10.3. The van der Waals surface area contributed by atoms with Crippen LogP contribution in [0.3, 0.4) is 0 Å². The van der Waals surface area contributed by atoms with E-state index in [4.69, 9.17) is 0 Å². The predicted octanol–water partition coefficient (Wildman–Crippen LogP) is 17.2. The molecule has 0 saturated carbocycles. The second-order valence-corrected chi connectivity index (χ2v) is 20.5. The Kier molecular flexibility index (Phi) is 9.49. The highest BCUT2D eigenvalue weighted by atomic mass is 32.2. The quantitative estimate of drug-likeness (QED) is 0.165. The van der Waals surface area contributed by atoms with Crippen LogP contribution in [-0.4, -0.2) is 0 Å². The van der Waals surface area contributed by atoms with Crippen LogP contribution >= 0.6 is 11.8 Å². The summed E-state index contributed by atoms with van der Waals surface area (Å²) in [6, 6.07) is 77.3. The third kappa shape index (κ3) is 6.40. The lowest BCUT2D eigenvalue weighted by molar-refractivity contribution is 0.590. The zero-order chi connectivity index (χ0) is 43.8. The molecule has 0 fully saturated rings. The molecule has 1 heterocycles. The highest BCUT2D eigenvalue weighted by Crippen LogP contribution is 2.65. The van der Waals surface area contributed by atoms with Gasteiger partial charge < -0.3 is 9.80 Å². The molecule has 3 heteroatoms. The van der Waals surface area contributed by atoms with E-state index in [2.05, 4.69) is 258 Å². The first-order valence-corrected chi connectivity index (χ1v) is 23.3. The van der Waals surface area contributed by atoms with Crippen molar-refractivity contribution in [3.63, 3.8) is 0 Å². The number of benzene rings is 9. The summed E-state index contributed by atoms with van der Waals surface area (Å²) in [7, 11) is 0. The molecule has 0 amide bonds. The summed E-state index contributed by atoms with van der Waals surface area (Å²) in [5, 5.41) is 2.47. The normalized spacial score (nSPS) is 13.5. The monoisotopic (exact) mass is 844 g/mol. The average molecular weight is 845 g/mol. The second kappa shape index (κ2) is 15.2. The van der Waals surface area contributed by atoms with Gasteiger partial charge in [0, 0.05) is 43.6 Å². The molecule has 9 aromatic rings. The van der Waals surface area contributed by atoms with Gasteiger partial charge in [-0.1, -0.05) is 181 Å². The van der Waals surface area contributed by atoms with Crippen molar-refractivity contribution in [2.75, 3.05) is 9.80 Å². The predicted molar refractivity (Wildman–Crippen MR) is 272 cm³/mol. The standard InChI is InChI=1S/C61H52N2S/c1-59(2,3)41-29-33-45(34-30-41)62(43-19-9-7-10-20-43)47-37-38-50-53(39-47)61(51-25-15-17-27-56(51)64-57-28-18-16-26-52(57)61)54-40-55(48-23-13-14-24-49(48)58(50)54)63(44-21-11-8-12-22-44)46-35-31-42(32-36-46)60(4,5)6/h7-40H,1-6H3. The first-order chi connectivity index (χ1) is 31.0. The van der Waals surface area contributed by atoms with Gasteiger partial charge in [0.15, 0.2) is 0 Å². The summed E-state index contributed by atoms with van der Waals surface area (Å²) in [5.74, 6) is 0. The Morgan fingerprint density at radius 3 is 1.34 bits per heavy atom. The Bertz CT molecular complexity index is 3150. The van der Waals surface area contributed by atoms with Crippen LogP contribution in [0.25, 0.3) is 21.9 Å². The van der Waals surface area contributed by atoms with Crippen LogP contribution in [0.5, 0.6) is 0 Å². The van der Waals surface area contributed by atoms with E-state index in [-0.39, 0.29) is 10.8 Å². The largest absolute Gasteiger partial charge is 0.310 e. The highest BCUT2D eigenvalue weighted by molar-refractivity contribution is 7.99. The van der Waals surface area contributed by atoms with Gasteiger partial charge in [-0.05, 0) is 140 Å². The molecule has 64 heavy (non-hydrogen) atoms. The Labute approximate surface area is 382 Å². The number of nitrogens with zero attached hydrogens (tertiary/aromatic N) is 2. The molecule has 11 rings (SSSR count). The molecule has 1 aliphatic heterocycles. The summed E-state index contributed by atoms with van der Waals surface area (Å²) in [6.07, 6.45) is 0. The zero-order valence-corrected chi connectivity index (χ0v) is 38.2. The van der Waals surface area contributed by atoms with Crippen LogP contribution in [0, 0.1) is 0 Å². The Hall–Kier alpha value is -6.81. The van der Waals surface area contributed by atoms with Crippen molar-refractivity contribution >= 4 is 56.7 Å². The summed E-state index contributed by atoms with van der Waals surface area (Å²) in [5.41, 5.74) is 16.7. The van der Waals surface area contributed by atoms with E-state index in [9.17, 15) is 0 Å². The minimum atomic E-state index is -0.616. The molecule has 0 aromatic heterocycles. The molecule has 1 aliphatic carbocycles. The number of para-hydroxylation sites is 2. The number of rotatable bonds is 6. The maximum atomic E-state index is 2.55. The highest BCUT2D eigenvalue weighted by Gasteiger charge is 2.51. The minimum absolute atomic E-state index is 0.0408. The topological polar surface area (TPSA) is 6.48 Å². The van der Waals surface area contributed by atoms with Crippen molar-refractivity contribution < 1.29 is 0 Å². The zero-order valence-electron chi connectivity index (χ0n) is 37.4. The molecular formula is C61H52N2S. The molecule has 0 atom stereocenters. The molecule has 0 N–H and O–H groups in total. The molecule has 1 spiro atoms. The van der Waals surface area contributed by atoms with Crippen molar-refractivity contribution in [1.82, 2.24) is 0 Å². The van der Waals surface area contributed by atoms with Gasteiger partial charge in [-0.3, -0.25) is 0 Å². The average Bonchev–Trinajstić information content (AvgIpc) is 3.59. The van der Waals surface area contributed by atoms with E-state index in [0.29, 0.717) is 0 Å². The Morgan fingerprint density at radius 1 is 0.359 bits per heavy atom. The number of fused-ring (bicyclic) bond motifs is 11. The summed E-state index contributed by atoms with van der Waals surface area (Å²) < 4.78 is 0. The van der Waals surface area contributed by atoms with E-state index in [0.717, 1.165) is 34.1 Å². The summed E-state index contributed by atoms with van der Waals surface area (Å²) in [4.78, 5) is 7.48. The first-order valence-electron chi connectivity index (χ1n) is 22.5. The van der Waals surface area contributed by atoms with Crippen molar-refractivity contribution in [3.8, 4) is 11.1 Å². The molecule has 0 unspecified atom stereocenters. The van der Waals surface area contributed by atoms with Crippen LogP contribution in [0.15, 0.2) is 216 Å². The van der Waals surface area contributed by atoms with E-state index < -0.39 is 5.41 Å². The maximum absolute atomic E-state index is 2.55. The molecule has 312 valence electrons. The van der Waals surface area contributed by atoms with E-state index in [1.807, 2.05) is 11.8 Å². The van der Waals surface area contributed by atoms with Gasteiger partial charge in [-0.2, -0.15) is 0 Å². The summed E-state index contributed by atoms with van der Waals surface area (Å²) >= 11 is 1.89. The van der Waals surface area contributed by atoms with Crippen LogP contribution in [0.2, 0.25) is 0 Å². The van der Waals surface area contributed by atoms with Gasteiger partial charge in [-0.25, -0.2) is 0 Å². The Morgan fingerprint density at radius 2 is 0.797 bits per heavy atom. The van der Waals surface area contributed by atoms with Gasteiger partial charge in [0.2, 0.25) is 0 Å². The minimum Gasteiger partial charge on any atom is -0.310 e. The maximum Gasteiger partial charge on any atom is 0.0737 e. The fourth-order valence-corrected chi connectivity index (χ4v) is 11.5. The SMILES string of the molecule is CC(C)(C)c1ccc(N(c2ccccc2)c2ccc3c(c2)C2(c4ccccc4Sc4ccccc42)c2cc(N(c4ccccc4)c4ccc(C(C)(C)C)cc4)c4ccccc4c2-3)cc1. The second-order valence-electron chi connectivity index (χ2n) is 19.4. The van der Waals surface area contributed by atoms with Crippen molar-refractivity contribution in [2.45, 2.75) is 67.6 Å². The number of hydrogen-bond donors (Lipinski definition) is 0. The third-order valence-corrected chi connectivity index (χ3v) is 14.6. The van der Waals surface area contributed by atoms with Gasteiger partial charge in [-0.15, -0.1) is 0 Å². The molecule has 0 radical (unpaired) electrons. The third-order valence-electron chi connectivity index (χ3n) is 13.4. The van der Waals surface area contributed by atoms with Gasteiger partial charge >= 0.3 is 0 Å². The fraction of sp³-hybridized carbons (Fsp3) is 0.148. The van der Waals surface area contributed by atoms with Gasteiger partial charge in [0.05, 0.1) is 11.1 Å². The van der Waals surface area contributed by atoms with Crippen molar-refractivity contribution in [1.29, 1.82) is 0 Å². The van der Waals surface area contributed by atoms with Gasteiger partial charge in [0.1, 0.15) is 0 Å². The van der Waals surface area contributed by atoms with Crippen molar-refractivity contribution in [2.24, 2.45) is 0 Å². The lowest BCUT2D eigenvalue weighted by atomic mass is 9.67. The van der Waals surface area contributed by atoms with Crippen LogP contribution < -0.4 is 9.80 Å². The van der Waals surface area contributed by atoms with Crippen molar-refractivity contribution in [3.05, 3.63) is 240 Å². The van der Waals surface area contributed by atoms with Crippen LogP contribution in [0.4, 0.5) is 34.1 Å². The van der Waals surface area contributed by atoms with E-state index in [1.165, 1.54) is 65.1 Å². The summed E-state index contributed by atoms with van der Waals surface area (Å²) in [6.45, 7) is 13.7. The molecular weight excluding hydrogens is 793 g/mol. The first kappa shape index (κ1) is 40.0. The smallest absolute Gasteiger partial charge is 0.0737 e. The molecule has 0 bridgehead atoms. The molecule has 9 aromatic carbocycles. The number of hydrogen-bond acceptors (Lipinski definition) is 3. The van der Waals surface area contributed by atoms with E-state index >= 15 is 0 Å². The van der Waals surface area contributed by atoms with E-state index in [1.54, 1.807) is 0 Å². The number of anilines is 6. The lowest BCUT2D eigenvalue weighted by Crippen LogP contribution is -2.32. The lowest BCUT2D eigenvalue weighted by Gasteiger charge is -2.40. The van der Waals surface area contributed by atoms with Gasteiger partial charge in [0.25, 0.3) is 0 Å². The molecule has 0 saturated heterocycles. The molecule has 2 aliphatic rings.